The van der Waals surface area contributed by atoms with Crippen molar-refractivity contribution in [2.45, 2.75) is 76.7 Å². The lowest BCUT2D eigenvalue weighted by atomic mass is 9.67. The van der Waals surface area contributed by atoms with Crippen LogP contribution in [0.25, 0.3) is 0 Å². The van der Waals surface area contributed by atoms with Crippen molar-refractivity contribution in [3.8, 4) is 0 Å². The third-order valence-electron chi connectivity index (χ3n) is 6.82. The van der Waals surface area contributed by atoms with E-state index in [0.29, 0.717) is 32.5 Å². The van der Waals surface area contributed by atoms with Gasteiger partial charge in [0, 0.05) is 24.5 Å². The number of carbonyl (C=O) groups is 2. The van der Waals surface area contributed by atoms with Crippen LogP contribution >= 0.6 is 11.3 Å². The quantitative estimate of drug-likeness (QED) is 0.809. The van der Waals surface area contributed by atoms with E-state index in [4.69, 9.17) is 0 Å². The smallest absolute Gasteiger partial charge is 0.261 e. The molecule has 6 heteroatoms. The summed E-state index contributed by atoms with van der Waals surface area (Å²) in [5.74, 6) is 0.147. The number of likely N-dealkylation sites (tertiary alicyclic amines) is 1. The number of fused-ring (bicyclic) bond motifs is 1. The Morgan fingerprint density at radius 2 is 1.82 bits per heavy atom. The lowest BCUT2D eigenvalue weighted by molar-refractivity contribution is -0.149. The third kappa shape index (κ3) is 4.13. The summed E-state index contributed by atoms with van der Waals surface area (Å²) < 4.78 is 0. The van der Waals surface area contributed by atoms with Gasteiger partial charge in [0.05, 0.1) is 16.4 Å². The Morgan fingerprint density at radius 3 is 2.50 bits per heavy atom. The van der Waals surface area contributed by atoms with E-state index in [-0.39, 0.29) is 17.9 Å². The fourth-order valence-corrected chi connectivity index (χ4v) is 5.94. The molecule has 5 nitrogen and oxygen atoms in total. The Kier molecular flexibility index (Phi) is 6.07. The maximum Gasteiger partial charge on any atom is 0.261 e. The molecule has 1 aromatic heterocycles. The molecular weight excluding hydrogens is 372 g/mol. The minimum absolute atomic E-state index is 0.0233. The first-order valence-corrected chi connectivity index (χ1v) is 11.8. The normalized spacial score (nSPS) is 22.5. The zero-order valence-electron chi connectivity index (χ0n) is 16.7. The molecule has 2 fully saturated rings. The van der Waals surface area contributed by atoms with E-state index in [2.05, 4.69) is 11.4 Å². The number of rotatable bonds is 4. The molecule has 2 N–H and O–H groups in total. The molecule has 1 saturated carbocycles. The van der Waals surface area contributed by atoms with Gasteiger partial charge in [0.25, 0.3) is 5.91 Å². The van der Waals surface area contributed by atoms with Crippen molar-refractivity contribution < 1.29 is 14.7 Å². The average Bonchev–Trinajstić information content (AvgIpc) is 3.03. The first kappa shape index (κ1) is 19.9. The molecule has 1 saturated heterocycles. The van der Waals surface area contributed by atoms with E-state index >= 15 is 0 Å². The SMILES string of the molecule is O=C(NCC1(C(=O)N2CCC(O)CC2)CCC1)c1cc2c(s1)CCCCCC2. The van der Waals surface area contributed by atoms with Gasteiger partial charge in [-0.15, -0.1) is 11.3 Å². The standard InChI is InChI=1S/C22H32N2O3S/c25-17-8-12-24(13-9-17)21(27)22(10-5-11-22)15-23-20(26)19-14-16-6-3-1-2-4-7-18(16)28-19/h14,17,25H,1-13,15H2,(H,23,26). The Morgan fingerprint density at radius 1 is 1.11 bits per heavy atom. The lowest BCUT2D eigenvalue weighted by Gasteiger charge is -2.44. The molecule has 154 valence electrons. The molecule has 0 atom stereocenters. The molecule has 0 radical (unpaired) electrons. The number of nitrogens with zero attached hydrogens (tertiary/aromatic N) is 1. The number of hydrogen-bond acceptors (Lipinski definition) is 4. The highest BCUT2D eigenvalue weighted by Crippen LogP contribution is 2.42. The summed E-state index contributed by atoms with van der Waals surface area (Å²) in [6.07, 6.45) is 11.0. The largest absolute Gasteiger partial charge is 0.393 e. The number of nitrogens with one attached hydrogen (secondary N) is 1. The molecule has 1 aromatic rings. The Bertz CT molecular complexity index is 692. The first-order chi connectivity index (χ1) is 13.6. The number of hydrogen-bond donors (Lipinski definition) is 2. The number of piperidine rings is 1. The minimum Gasteiger partial charge on any atom is -0.393 e. The van der Waals surface area contributed by atoms with Gasteiger partial charge >= 0.3 is 0 Å². The lowest BCUT2D eigenvalue weighted by Crippen LogP contribution is -2.55. The Labute approximate surface area is 171 Å². The van der Waals surface area contributed by atoms with Gasteiger partial charge in [0.1, 0.15) is 0 Å². The summed E-state index contributed by atoms with van der Waals surface area (Å²) in [5.41, 5.74) is 0.931. The van der Waals surface area contributed by atoms with Crippen LogP contribution < -0.4 is 5.32 Å². The van der Waals surface area contributed by atoms with Gasteiger partial charge in [-0.05, 0) is 63.0 Å². The fourth-order valence-electron chi connectivity index (χ4n) is 4.77. The average molecular weight is 405 g/mol. The van der Waals surface area contributed by atoms with Crippen molar-refractivity contribution in [1.29, 1.82) is 0 Å². The second kappa shape index (κ2) is 8.54. The maximum absolute atomic E-state index is 13.1. The Hall–Kier alpha value is -1.40. The Balaban J connectivity index is 1.38. The molecule has 0 aromatic carbocycles. The zero-order chi connectivity index (χ0) is 19.6. The fraction of sp³-hybridized carbons (Fsp3) is 0.727. The van der Waals surface area contributed by atoms with Crippen molar-refractivity contribution in [1.82, 2.24) is 10.2 Å². The molecule has 0 spiro atoms. The molecule has 4 rings (SSSR count). The summed E-state index contributed by atoms with van der Waals surface area (Å²) in [4.78, 5) is 30.0. The number of aryl methyl sites for hydroxylation is 2. The highest BCUT2D eigenvalue weighted by molar-refractivity contribution is 7.14. The van der Waals surface area contributed by atoms with Crippen molar-refractivity contribution in [2.24, 2.45) is 5.41 Å². The number of aliphatic hydroxyl groups is 1. The molecule has 2 amide bonds. The second-order valence-electron chi connectivity index (χ2n) is 8.81. The van der Waals surface area contributed by atoms with Gasteiger partial charge in [0.2, 0.25) is 5.91 Å². The number of amides is 2. The molecule has 2 heterocycles. The van der Waals surface area contributed by atoms with Gasteiger partial charge in [0.15, 0.2) is 0 Å². The second-order valence-corrected chi connectivity index (χ2v) is 9.95. The summed E-state index contributed by atoms with van der Waals surface area (Å²) in [7, 11) is 0. The van der Waals surface area contributed by atoms with Crippen LogP contribution in [-0.4, -0.2) is 47.6 Å². The van der Waals surface area contributed by atoms with Crippen LogP contribution in [0.3, 0.4) is 0 Å². The molecule has 0 unspecified atom stereocenters. The van der Waals surface area contributed by atoms with Crippen LogP contribution in [0.5, 0.6) is 0 Å². The van der Waals surface area contributed by atoms with Crippen LogP contribution in [0.4, 0.5) is 0 Å². The van der Waals surface area contributed by atoms with Gasteiger partial charge in [-0.1, -0.05) is 19.3 Å². The van der Waals surface area contributed by atoms with E-state index in [1.165, 1.54) is 36.1 Å². The number of aliphatic hydroxyl groups excluding tert-OH is 1. The van der Waals surface area contributed by atoms with Gasteiger partial charge in [-0.3, -0.25) is 9.59 Å². The predicted molar refractivity (Wildman–Crippen MR) is 111 cm³/mol. The van der Waals surface area contributed by atoms with Crippen molar-refractivity contribution in [2.75, 3.05) is 19.6 Å². The zero-order valence-corrected chi connectivity index (χ0v) is 17.5. The highest BCUT2D eigenvalue weighted by Gasteiger charge is 2.46. The molecule has 28 heavy (non-hydrogen) atoms. The monoisotopic (exact) mass is 404 g/mol. The van der Waals surface area contributed by atoms with Crippen molar-refractivity contribution in [3.63, 3.8) is 0 Å². The number of thiophene rings is 1. The topological polar surface area (TPSA) is 69.6 Å². The van der Waals surface area contributed by atoms with E-state index in [9.17, 15) is 14.7 Å². The highest BCUT2D eigenvalue weighted by atomic mass is 32.1. The summed E-state index contributed by atoms with van der Waals surface area (Å²) in [5, 5.41) is 12.8. The predicted octanol–water partition coefficient (Wildman–Crippen LogP) is 3.29. The maximum atomic E-state index is 13.1. The minimum atomic E-state index is -0.427. The molecule has 0 bridgehead atoms. The summed E-state index contributed by atoms with van der Waals surface area (Å²) in [6.45, 7) is 1.70. The van der Waals surface area contributed by atoms with E-state index < -0.39 is 5.41 Å². The first-order valence-electron chi connectivity index (χ1n) is 10.9. The van der Waals surface area contributed by atoms with E-state index in [1.54, 1.807) is 11.3 Å². The van der Waals surface area contributed by atoms with Gasteiger partial charge < -0.3 is 15.3 Å². The summed E-state index contributed by atoms with van der Waals surface area (Å²) in [6, 6.07) is 2.09. The van der Waals surface area contributed by atoms with Gasteiger partial charge in [-0.25, -0.2) is 0 Å². The van der Waals surface area contributed by atoms with Crippen LogP contribution in [-0.2, 0) is 17.6 Å². The van der Waals surface area contributed by atoms with Crippen LogP contribution in [0.15, 0.2) is 6.07 Å². The number of carbonyl (C=O) groups excluding carboxylic acids is 2. The molecular formula is C22H32N2O3S. The van der Waals surface area contributed by atoms with Crippen molar-refractivity contribution >= 4 is 23.2 Å². The van der Waals surface area contributed by atoms with E-state index in [0.717, 1.165) is 37.0 Å². The van der Waals surface area contributed by atoms with Crippen LogP contribution in [0.2, 0.25) is 0 Å². The molecule has 1 aliphatic heterocycles. The van der Waals surface area contributed by atoms with Crippen LogP contribution in [0, 0.1) is 5.41 Å². The molecule has 3 aliphatic rings. The van der Waals surface area contributed by atoms with E-state index in [1.807, 2.05) is 4.90 Å². The van der Waals surface area contributed by atoms with Crippen LogP contribution in [0.1, 0.15) is 77.9 Å². The van der Waals surface area contributed by atoms with Gasteiger partial charge in [-0.2, -0.15) is 0 Å². The van der Waals surface area contributed by atoms with Crippen molar-refractivity contribution in [3.05, 3.63) is 21.4 Å². The molecule has 2 aliphatic carbocycles. The third-order valence-corrected chi connectivity index (χ3v) is 8.06. The summed E-state index contributed by atoms with van der Waals surface area (Å²) >= 11 is 1.64.